The molecule has 1 N–H and O–H groups in total. The third kappa shape index (κ3) is 3.85. The highest BCUT2D eigenvalue weighted by molar-refractivity contribution is 5.19. The first-order chi connectivity index (χ1) is 10.4. The fourth-order valence-corrected chi connectivity index (χ4v) is 3.84. The molecule has 1 aromatic carbocycles. The van der Waals surface area contributed by atoms with Crippen molar-refractivity contribution in [2.75, 3.05) is 39.3 Å². The SMILES string of the molecule is CCCN1CCC(N2CCNC(c3ccccc3)C2)CC1. The van der Waals surface area contributed by atoms with E-state index >= 15 is 0 Å². The lowest BCUT2D eigenvalue weighted by molar-refractivity contribution is 0.0832. The standard InChI is InChI=1S/C18H29N3/c1-2-11-20-12-8-17(9-13-20)21-14-10-19-18(15-21)16-6-4-3-5-7-16/h3-7,17-19H,2,8-15H2,1H3. The number of piperazine rings is 1. The van der Waals surface area contributed by atoms with Crippen molar-refractivity contribution in [1.82, 2.24) is 15.1 Å². The maximum Gasteiger partial charge on any atom is 0.0449 e. The van der Waals surface area contributed by atoms with Crippen LogP contribution in [0.4, 0.5) is 0 Å². The number of hydrogen-bond acceptors (Lipinski definition) is 3. The van der Waals surface area contributed by atoms with Crippen LogP contribution in [-0.2, 0) is 0 Å². The Kier molecular flexibility index (Phi) is 5.28. The maximum atomic E-state index is 3.68. The minimum atomic E-state index is 0.508. The van der Waals surface area contributed by atoms with E-state index in [1.165, 1.54) is 57.5 Å². The highest BCUT2D eigenvalue weighted by Crippen LogP contribution is 2.23. The summed E-state index contributed by atoms with van der Waals surface area (Å²) in [7, 11) is 0. The predicted octanol–water partition coefficient (Wildman–Crippen LogP) is 2.51. The van der Waals surface area contributed by atoms with Crippen LogP contribution in [0, 0.1) is 0 Å². The average Bonchev–Trinajstić information content (AvgIpc) is 2.57. The lowest BCUT2D eigenvalue weighted by Crippen LogP contribution is -2.53. The van der Waals surface area contributed by atoms with Gasteiger partial charge in [0.1, 0.15) is 0 Å². The Morgan fingerprint density at radius 3 is 2.57 bits per heavy atom. The Labute approximate surface area is 129 Å². The molecule has 2 aliphatic rings. The molecule has 116 valence electrons. The van der Waals surface area contributed by atoms with Gasteiger partial charge in [0.2, 0.25) is 0 Å². The minimum absolute atomic E-state index is 0.508. The van der Waals surface area contributed by atoms with Crippen LogP contribution in [0.3, 0.4) is 0 Å². The topological polar surface area (TPSA) is 18.5 Å². The van der Waals surface area contributed by atoms with E-state index in [9.17, 15) is 0 Å². The van der Waals surface area contributed by atoms with Gasteiger partial charge in [0.15, 0.2) is 0 Å². The van der Waals surface area contributed by atoms with Crippen molar-refractivity contribution in [1.29, 1.82) is 0 Å². The molecule has 2 heterocycles. The second-order valence-electron chi connectivity index (χ2n) is 6.49. The van der Waals surface area contributed by atoms with Crippen molar-refractivity contribution in [3.05, 3.63) is 35.9 Å². The van der Waals surface area contributed by atoms with E-state index in [1.54, 1.807) is 0 Å². The highest BCUT2D eigenvalue weighted by Gasteiger charge is 2.28. The molecule has 1 atom stereocenters. The fourth-order valence-electron chi connectivity index (χ4n) is 3.84. The van der Waals surface area contributed by atoms with Crippen molar-refractivity contribution in [2.24, 2.45) is 0 Å². The second-order valence-corrected chi connectivity index (χ2v) is 6.49. The minimum Gasteiger partial charge on any atom is -0.308 e. The zero-order chi connectivity index (χ0) is 14.5. The van der Waals surface area contributed by atoms with Crippen molar-refractivity contribution >= 4 is 0 Å². The fraction of sp³-hybridized carbons (Fsp3) is 0.667. The van der Waals surface area contributed by atoms with Gasteiger partial charge >= 0.3 is 0 Å². The smallest absolute Gasteiger partial charge is 0.0449 e. The van der Waals surface area contributed by atoms with Gasteiger partial charge in [-0.1, -0.05) is 37.3 Å². The molecule has 0 spiro atoms. The number of piperidine rings is 1. The molecule has 0 aromatic heterocycles. The van der Waals surface area contributed by atoms with Crippen molar-refractivity contribution < 1.29 is 0 Å². The van der Waals surface area contributed by atoms with Gasteiger partial charge in [-0.2, -0.15) is 0 Å². The predicted molar refractivity (Wildman–Crippen MR) is 88.5 cm³/mol. The summed E-state index contributed by atoms with van der Waals surface area (Å²) in [5.41, 5.74) is 1.44. The molecule has 2 aliphatic heterocycles. The molecular weight excluding hydrogens is 258 g/mol. The molecule has 3 heteroatoms. The first-order valence-electron chi connectivity index (χ1n) is 8.61. The number of nitrogens with one attached hydrogen (secondary N) is 1. The van der Waals surface area contributed by atoms with Crippen LogP contribution < -0.4 is 5.32 Å². The summed E-state index contributed by atoms with van der Waals surface area (Å²) in [6.45, 7) is 9.64. The van der Waals surface area contributed by atoms with Crippen LogP contribution in [0.2, 0.25) is 0 Å². The lowest BCUT2D eigenvalue weighted by atomic mass is 9.98. The summed E-state index contributed by atoms with van der Waals surface area (Å²) in [5, 5.41) is 3.68. The van der Waals surface area contributed by atoms with Crippen LogP contribution in [0.25, 0.3) is 0 Å². The normalized spacial score (nSPS) is 26.0. The first-order valence-corrected chi connectivity index (χ1v) is 8.61. The van der Waals surface area contributed by atoms with Gasteiger partial charge in [-0.15, -0.1) is 0 Å². The van der Waals surface area contributed by atoms with E-state index in [0.29, 0.717) is 6.04 Å². The molecule has 1 unspecified atom stereocenters. The van der Waals surface area contributed by atoms with Crippen LogP contribution in [0.1, 0.15) is 37.8 Å². The summed E-state index contributed by atoms with van der Waals surface area (Å²) in [5.74, 6) is 0. The van der Waals surface area contributed by atoms with E-state index < -0.39 is 0 Å². The molecule has 0 bridgehead atoms. The number of likely N-dealkylation sites (tertiary alicyclic amines) is 1. The van der Waals surface area contributed by atoms with Gasteiger partial charge in [0, 0.05) is 31.7 Å². The number of nitrogens with zero attached hydrogens (tertiary/aromatic N) is 2. The van der Waals surface area contributed by atoms with E-state index in [1.807, 2.05) is 0 Å². The number of rotatable bonds is 4. The molecule has 21 heavy (non-hydrogen) atoms. The van der Waals surface area contributed by atoms with E-state index in [0.717, 1.165) is 12.6 Å². The van der Waals surface area contributed by atoms with Crippen LogP contribution in [0.15, 0.2) is 30.3 Å². The molecule has 3 rings (SSSR count). The quantitative estimate of drug-likeness (QED) is 0.918. The second kappa shape index (κ2) is 7.39. The molecule has 2 saturated heterocycles. The van der Waals surface area contributed by atoms with E-state index in [2.05, 4.69) is 52.4 Å². The van der Waals surface area contributed by atoms with E-state index in [-0.39, 0.29) is 0 Å². The first kappa shape index (κ1) is 15.0. The summed E-state index contributed by atoms with van der Waals surface area (Å²) in [6, 6.07) is 12.2. The zero-order valence-electron chi connectivity index (χ0n) is 13.3. The monoisotopic (exact) mass is 287 g/mol. The maximum absolute atomic E-state index is 3.68. The molecular formula is C18H29N3. The Morgan fingerprint density at radius 1 is 1.10 bits per heavy atom. The Hall–Kier alpha value is -0.900. The van der Waals surface area contributed by atoms with Gasteiger partial charge in [0.05, 0.1) is 0 Å². The van der Waals surface area contributed by atoms with Crippen LogP contribution in [-0.4, -0.2) is 55.1 Å². The summed E-state index contributed by atoms with van der Waals surface area (Å²) < 4.78 is 0. The molecule has 1 aromatic rings. The number of benzene rings is 1. The largest absolute Gasteiger partial charge is 0.308 e. The molecule has 0 aliphatic carbocycles. The van der Waals surface area contributed by atoms with Crippen LogP contribution >= 0.6 is 0 Å². The molecule has 0 radical (unpaired) electrons. The highest BCUT2D eigenvalue weighted by atomic mass is 15.2. The third-order valence-corrected chi connectivity index (χ3v) is 5.02. The molecule has 0 saturated carbocycles. The van der Waals surface area contributed by atoms with Gasteiger partial charge in [-0.05, 0) is 44.5 Å². The van der Waals surface area contributed by atoms with E-state index in [4.69, 9.17) is 0 Å². The Bertz CT molecular complexity index is 412. The van der Waals surface area contributed by atoms with Crippen LogP contribution in [0.5, 0.6) is 0 Å². The third-order valence-electron chi connectivity index (χ3n) is 5.02. The summed E-state index contributed by atoms with van der Waals surface area (Å²) in [6.07, 6.45) is 3.98. The Morgan fingerprint density at radius 2 is 1.86 bits per heavy atom. The Balaban J connectivity index is 1.55. The van der Waals surface area contributed by atoms with Crippen molar-refractivity contribution in [2.45, 2.75) is 38.3 Å². The summed E-state index contributed by atoms with van der Waals surface area (Å²) in [4.78, 5) is 5.37. The average molecular weight is 287 g/mol. The van der Waals surface area contributed by atoms with Gasteiger partial charge < -0.3 is 10.2 Å². The summed E-state index contributed by atoms with van der Waals surface area (Å²) >= 11 is 0. The lowest BCUT2D eigenvalue weighted by Gasteiger charge is -2.42. The molecule has 3 nitrogen and oxygen atoms in total. The van der Waals surface area contributed by atoms with Gasteiger partial charge in [-0.25, -0.2) is 0 Å². The van der Waals surface area contributed by atoms with Gasteiger partial charge in [0.25, 0.3) is 0 Å². The molecule has 2 fully saturated rings. The van der Waals surface area contributed by atoms with Crippen molar-refractivity contribution in [3.8, 4) is 0 Å². The number of hydrogen-bond donors (Lipinski definition) is 1. The van der Waals surface area contributed by atoms with Crippen molar-refractivity contribution in [3.63, 3.8) is 0 Å². The molecule has 0 amide bonds. The van der Waals surface area contributed by atoms with Gasteiger partial charge in [-0.3, -0.25) is 4.90 Å². The zero-order valence-corrected chi connectivity index (χ0v) is 13.3.